The Kier molecular flexibility index (Phi) is 15.6. The molecule has 190 valence electrons. The lowest BCUT2D eigenvalue weighted by Gasteiger charge is -2.28. The van der Waals surface area contributed by atoms with E-state index in [1.807, 2.05) is 60.7 Å². The van der Waals surface area contributed by atoms with E-state index in [1.54, 1.807) is 0 Å². The smallest absolute Gasteiger partial charge is 0.457 e. The molecule has 0 atom stereocenters. The van der Waals surface area contributed by atoms with Crippen LogP contribution in [0.2, 0.25) is 12.6 Å². The Morgan fingerprint density at radius 1 is 0.471 bits per heavy atom. The van der Waals surface area contributed by atoms with Crippen molar-refractivity contribution in [3.05, 3.63) is 60.7 Å². The number of unbranched alkanes of at least 4 members (excludes halogenated alkanes) is 15. The van der Waals surface area contributed by atoms with E-state index in [9.17, 15) is 0 Å². The minimum Gasteiger partial charge on any atom is -0.512 e. The van der Waals surface area contributed by atoms with Crippen molar-refractivity contribution in [1.82, 2.24) is 0 Å². The minimum atomic E-state index is -2.34. The molecular weight excluding hydrogens is 432 g/mol. The molecule has 2 aromatic carbocycles. The van der Waals surface area contributed by atoms with Crippen LogP contribution in [0.25, 0.3) is 0 Å². The molecule has 0 bridgehead atoms. The van der Waals surface area contributed by atoms with E-state index in [4.69, 9.17) is 8.85 Å². The van der Waals surface area contributed by atoms with Crippen LogP contribution in [0, 0.1) is 0 Å². The van der Waals surface area contributed by atoms with Crippen LogP contribution in [0.1, 0.15) is 110 Å². The fourth-order valence-electron chi connectivity index (χ4n) is 4.59. The van der Waals surface area contributed by atoms with Gasteiger partial charge in [-0.1, -0.05) is 140 Å². The molecule has 0 fully saturated rings. The molecule has 0 heterocycles. The largest absolute Gasteiger partial charge is 0.512 e. The second-order valence-corrected chi connectivity index (χ2v) is 13.2. The van der Waals surface area contributed by atoms with Crippen molar-refractivity contribution in [2.24, 2.45) is 0 Å². The van der Waals surface area contributed by atoms with Crippen molar-refractivity contribution in [1.29, 1.82) is 0 Å². The normalized spacial score (nSPS) is 11.5. The van der Waals surface area contributed by atoms with Gasteiger partial charge < -0.3 is 8.85 Å². The summed E-state index contributed by atoms with van der Waals surface area (Å²) in [5.74, 6) is 1.84. The molecule has 0 unspecified atom stereocenters. The van der Waals surface area contributed by atoms with Crippen molar-refractivity contribution in [3.8, 4) is 11.5 Å². The fourth-order valence-corrected chi connectivity index (χ4v) is 7.00. The van der Waals surface area contributed by atoms with Gasteiger partial charge in [0.25, 0.3) is 0 Å². The quantitative estimate of drug-likeness (QED) is 0.130. The van der Waals surface area contributed by atoms with Gasteiger partial charge in [0.05, 0.1) is 0 Å². The van der Waals surface area contributed by atoms with Crippen molar-refractivity contribution in [3.63, 3.8) is 0 Å². The predicted octanol–water partition coefficient (Wildman–Crippen LogP) is 10.5. The molecule has 0 saturated heterocycles. The Labute approximate surface area is 211 Å². The molecule has 0 aliphatic carbocycles. The number of para-hydroxylation sites is 2. The van der Waals surface area contributed by atoms with Crippen molar-refractivity contribution in [2.45, 2.75) is 122 Å². The van der Waals surface area contributed by atoms with E-state index in [0.29, 0.717) is 0 Å². The molecule has 0 aliphatic rings. The Balaban J connectivity index is 1.53. The zero-order valence-electron chi connectivity index (χ0n) is 22.1. The Morgan fingerprint density at radius 2 is 0.794 bits per heavy atom. The van der Waals surface area contributed by atoms with Crippen LogP contribution in [-0.2, 0) is 0 Å². The van der Waals surface area contributed by atoms with E-state index in [1.165, 1.54) is 103 Å². The monoisotopic (exact) mass is 482 g/mol. The minimum absolute atomic E-state index is 0.920. The third-order valence-electron chi connectivity index (χ3n) is 6.64. The topological polar surface area (TPSA) is 18.5 Å². The first-order valence-corrected chi connectivity index (χ1v) is 16.7. The van der Waals surface area contributed by atoms with Crippen LogP contribution >= 0.6 is 0 Å². The first-order chi connectivity index (χ1) is 16.7. The van der Waals surface area contributed by atoms with Gasteiger partial charge in [-0.25, -0.2) is 0 Å². The number of hydrogen-bond acceptors (Lipinski definition) is 2. The average molecular weight is 483 g/mol. The van der Waals surface area contributed by atoms with E-state index >= 15 is 0 Å². The fraction of sp³-hybridized carbons (Fsp3) is 0.613. The van der Waals surface area contributed by atoms with Crippen LogP contribution in [0.3, 0.4) is 0 Å². The van der Waals surface area contributed by atoms with Crippen molar-refractivity contribution >= 4 is 8.56 Å². The molecular formula is C31H50O2Si. The van der Waals surface area contributed by atoms with Gasteiger partial charge in [-0.15, -0.1) is 0 Å². The van der Waals surface area contributed by atoms with Gasteiger partial charge in [-0.2, -0.15) is 0 Å². The third kappa shape index (κ3) is 13.8. The van der Waals surface area contributed by atoms with Crippen LogP contribution in [0.4, 0.5) is 0 Å². The lowest BCUT2D eigenvalue weighted by atomic mass is 10.0. The maximum Gasteiger partial charge on any atom is 0.457 e. The van der Waals surface area contributed by atoms with E-state index in [2.05, 4.69) is 13.5 Å². The van der Waals surface area contributed by atoms with Gasteiger partial charge in [-0.3, -0.25) is 0 Å². The molecule has 2 nitrogen and oxygen atoms in total. The van der Waals surface area contributed by atoms with Gasteiger partial charge in [0, 0.05) is 12.6 Å². The molecule has 0 spiro atoms. The highest BCUT2D eigenvalue weighted by molar-refractivity contribution is 6.67. The maximum atomic E-state index is 6.45. The Bertz CT molecular complexity index is 662. The van der Waals surface area contributed by atoms with E-state index < -0.39 is 8.56 Å². The molecule has 0 aliphatic heterocycles. The predicted molar refractivity (Wildman–Crippen MR) is 150 cm³/mol. The zero-order chi connectivity index (χ0) is 24.2. The molecule has 34 heavy (non-hydrogen) atoms. The van der Waals surface area contributed by atoms with E-state index in [-0.39, 0.29) is 0 Å². The maximum absolute atomic E-state index is 6.45. The van der Waals surface area contributed by atoms with Crippen LogP contribution in [0.15, 0.2) is 60.7 Å². The highest BCUT2D eigenvalue weighted by atomic mass is 28.4. The third-order valence-corrected chi connectivity index (χ3v) is 9.24. The van der Waals surface area contributed by atoms with Crippen LogP contribution in [0.5, 0.6) is 11.5 Å². The molecule has 2 rings (SSSR count). The van der Waals surface area contributed by atoms with Gasteiger partial charge in [0.15, 0.2) is 0 Å². The van der Waals surface area contributed by atoms with Gasteiger partial charge in [0.1, 0.15) is 11.5 Å². The van der Waals surface area contributed by atoms with Gasteiger partial charge in [0.2, 0.25) is 0 Å². The lowest BCUT2D eigenvalue weighted by Crippen LogP contribution is -2.45. The Hall–Kier alpha value is -1.74. The van der Waals surface area contributed by atoms with Crippen LogP contribution < -0.4 is 8.85 Å². The molecule has 0 saturated carbocycles. The number of rotatable bonds is 21. The van der Waals surface area contributed by atoms with E-state index in [0.717, 1.165) is 17.5 Å². The molecule has 0 radical (unpaired) electrons. The highest BCUT2D eigenvalue weighted by Gasteiger charge is 2.35. The van der Waals surface area contributed by atoms with Gasteiger partial charge >= 0.3 is 8.56 Å². The summed E-state index contributed by atoms with van der Waals surface area (Å²) in [7, 11) is -2.34. The summed E-state index contributed by atoms with van der Waals surface area (Å²) in [4.78, 5) is 0. The average Bonchev–Trinajstić information content (AvgIpc) is 2.85. The zero-order valence-corrected chi connectivity index (χ0v) is 23.1. The number of hydrogen-bond donors (Lipinski definition) is 0. The SMILES string of the molecule is CCCCCCCCCCCCCCCCCC[Si](C)(Oc1ccccc1)Oc1ccccc1. The molecule has 0 N–H and O–H groups in total. The molecule has 0 amide bonds. The standard InChI is InChI=1S/C31H50O2Si/c1-3-4-5-6-7-8-9-10-11-12-13-14-15-16-17-24-29-34(2,32-30-25-20-18-21-26-30)33-31-27-22-19-23-28-31/h18-23,25-28H,3-17,24,29H2,1-2H3. The van der Waals surface area contributed by atoms with Crippen molar-refractivity contribution < 1.29 is 8.85 Å². The van der Waals surface area contributed by atoms with Gasteiger partial charge in [-0.05, 0) is 30.7 Å². The summed E-state index contributed by atoms with van der Waals surface area (Å²) < 4.78 is 12.9. The summed E-state index contributed by atoms with van der Waals surface area (Å²) in [6.07, 6.45) is 22.3. The first kappa shape index (κ1) is 28.5. The number of benzene rings is 2. The summed E-state index contributed by atoms with van der Waals surface area (Å²) in [5.41, 5.74) is 0. The molecule has 3 heteroatoms. The summed E-state index contributed by atoms with van der Waals surface area (Å²) in [6.45, 7) is 4.50. The second kappa shape index (κ2) is 18.6. The second-order valence-electron chi connectivity index (χ2n) is 10.0. The molecule has 0 aromatic heterocycles. The molecule has 2 aromatic rings. The summed E-state index contributed by atoms with van der Waals surface area (Å²) in [6, 6.07) is 21.3. The lowest BCUT2D eigenvalue weighted by molar-refractivity contribution is 0.384. The highest BCUT2D eigenvalue weighted by Crippen LogP contribution is 2.25. The summed E-state index contributed by atoms with van der Waals surface area (Å²) in [5, 5.41) is 0. The Morgan fingerprint density at radius 3 is 1.15 bits per heavy atom. The first-order valence-electron chi connectivity index (χ1n) is 14.2. The van der Waals surface area contributed by atoms with Crippen molar-refractivity contribution in [2.75, 3.05) is 0 Å². The summed E-state index contributed by atoms with van der Waals surface area (Å²) >= 11 is 0. The van der Waals surface area contributed by atoms with Crippen LogP contribution in [-0.4, -0.2) is 8.56 Å².